The molecule has 0 atom stereocenters. The number of nitrogens with zero attached hydrogens (tertiary/aromatic N) is 2. The Balaban J connectivity index is 1.83. The average molecular weight is 267 g/mol. The summed E-state index contributed by atoms with van der Waals surface area (Å²) in [6.07, 6.45) is 3.86. The molecule has 1 saturated carbocycles. The van der Waals surface area contributed by atoms with Crippen molar-refractivity contribution in [2.45, 2.75) is 25.4 Å². The lowest BCUT2D eigenvalue weighted by Crippen LogP contribution is -2.15. The van der Waals surface area contributed by atoms with Crippen LogP contribution in [0.1, 0.15) is 18.5 Å². The molecule has 1 N–H and O–H groups in total. The zero-order valence-electron chi connectivity index (χ0n) is 10.0. The molecule has 1 aliphatic carbocycles. The largest absolute Gasteiger partial charge is 0.308 e. The zero-order valence-corrected chi connectivity index (χ0v) is 10.0. The molecule has 100 valence electrons. The van der Waals surface area contributed by atoms with Crippen LogP contribution in [0.15, 0.2) is 24.4 Å². The zero-order chi connectivity index (χ0) is 13.4. The first-order valence-corrected chi connectivity index (χ1v) is 6.06. The maximum absolute atomic E-state index is 13.6. The third-order valence-corrected chi connectivity index (χ3v) is 3.03. The quantitative estimate of drug-likeness (QED) is 0.863. The molecule has 1 fully saturated rings. The van der Waals surface area contributed by atoms with Crippen LogP contribution in [0.2, 0.25) is 0 Å². The predicted molar refractivity (Wildman–Crippen MR) is 63.3 cm³/mol. The summed E-state index contributed by atoms with van der Waals surface area (Å²) in [5.74, 6) is -3.14. The average Bonchev–Trinajstić information content (AvgIpc) is 3.09. The second kappa shape index (κ2) is 4.70. The first kappa shape index (κ1) is 12.2. The van der Waals surface area contributed by atoms with Crippen molar-refractivity contribution in [3.8, 4) is 5.69 Å². The van der Waals surface area contributed by atoms with Gasteiger partial charge >= 0.3 is 0 Å². The molecule has 0 saturated heterocycles. The molecule has 2 aromatic rings. The van der Waals surface area contributed by atoms with Crippen LogP contribution < -0.4 is 5.32 Å². The Morgan fingerprint density at radius 1 is 1.16 bits per heavy atom. The van der Waals surface area contributed by atoms with Gasteiger partial charge in [-0.2, -0.15) is 5.10 Å². The Morgan fingerprint density at radius 2 is 1.89 bits per heavy atom. The Labute approximate surface area is 108 Å². The van der Waals surface area contributed by atoms with E-state index in [4.69, 9.17) is 0 Å². The summed E-state index contributed by atoms with van der Waals surface area (Å²) in [5, 5.41) is 7.41. The highest BCUT2D eigenvalue weighted by molar-refractivity contribution is 5.34. The summed E-state index contributed by atoms with van der Waals surface area (Å²) in [6, 6.07) is 3.59. The van der Waals surface area contributed by atoms with E-state index in [1.807, 2.05) is 0 Å². The van der Waals surface area contributed by atoms with Gasteiger partial charge in [0.25, 0.3) is 0 Å². The molecule has 1 aliphatic rings. The molecular formula is C13H12F3N3. The van der Waals surface area contributed by atoms with Crippen LogP contribution in [0.25, 0.3) is 5.69 Å². The molecule has 0 amide bonds. The van der Waals surface area contributed by atoms with Crippen LogP contribution >= 0.6 is 0 Å². The van der Waals surface area contributed by atoms with Crippen LogP contribution in [-0.2, 0) is 6.54 Å². The molecule has 0 bridgehead atoms. The van der Waals surface area contributed by atoms with E-state index in [0.29, 0.717) is 18.7 Å². The van der Waals surface area contributed by atoms with E-state index in [-0.39, 0.29) is 5.69 Å². The monoisotopic (exact) mass is 267 g/mol. The molecule has 0 spiro atoms. The third-order valence-electron chi connectivity index (χ3n) is 3.03. The first-order valence-electron chi connectivity index (χ1n) is 6.06. The number of nitrogens with one attached hydrogen (secondary N) is 1. The topological polar surface area (TPSA) is 29.9 Å². The van der Waals surface area contributed by atoms with E-state index in [0.717, 1.165) is 11.8 Å². The van der Waals surface area contributed by atoms with Crippen LogP contribution in [0.4, 0.5) is 13.2 Å². The van der Waals surface area contributed by atoms with Gasteiger partial charge in [0.05, 0.1) is 5.69 Å². The van der Waals surface area contributed by atoms with Gasteiger partial charge in [-0.1, -0.05) is 0 Å². The highest BCUT2D eigenvalue weighted by atomic mass is 19.2. The highest BCUT2D eigenvalue weighted by Gasteiger charge is 2.20. The SMILES string of the molecule is Fc1cc(F)c(-n2ccc(CNC3CC3)n2)cc1F. The number of halogens is 3. The molecule has 1 aromatic carbocycles. The second-order valence-corrected chi connectivity index (χ2v) is 4.62. The van der Waals surface area contributed by atoms with Gasteiger partial charge in [-0.3, -0.25) is 0 Å². The smallest absolute Gasteiger partial charge is 0.161 e. The fourth-order valence-corrected chi connectivity index (χ4v) is 1.81. The Bertz CT molecular complexity index is 605. The van der Waals surface area contributed by atoms with Gasteiger partial charge < -0.3 is 5.32 Å². The Kier molecular flexibility index (Phi) is 3.02. The van der Waals surface area contributed by atoms with Gasteiger partial charge in [-0.15, -0.1) is 0 Å². The fraction of sp³-hybridized carbons (Fsp3) is 0.308. The van der Waals surface area contributed by atoms with E-state index >= 15 is 0 Å². The first-order chi connectivity index (χ1) is 9.13. The number of benzene rings is 1. The Morgan fingerprint density at radius 3 is 2.63 bits per heavy atom. The van der Waals surface area contributed by atoms with Gasteiger partial charge in [0.1, 0.15) is 5.69 Å². The van der Waals surface area contributed by atoms with Crippen molar-refractivity contribution in [1.29, 1.82) is 0 Å². The maximum atomic E-state index is 13.6. The molecule has 1 aromatic heterocycles. The van der Waals surface area contributed by atoms with E-state index in [9.17, 15) is 13.2 Å². The van der Waals surface area contributed by atoms with Crippen LogP contribution in [0.3, 0.4) is 0 Å². The molecule has 6 heteroatoms. The summed E-state index contributed by atoms with van der Waals surface area (Å²) in [6.45, 7) is 0.586. The van der Waals surface area contributed by atoms with Gasteiger partial charge in [0, 0.05) is 30.9 Å². The summed E-state index contributed by atoms with van der Waals surface area (Å²) >= 11 is 0. The second-order valence-electron chi connectivity index (χ2n) is 4.62. The van der Waals surface area contributed by atoms with Crippen LogP contribution in [0.5, 0.6) is 0 Å². The molecular weight excluding hydrogens is 255 g/mol. The maximum Gasteiger partial charge on any atom is 0.161 e. The minimum atomic E-state index is -1.20. The third kappa shape index (κ3) is 2.63. The predicted octanol–water partition coefficient (Wildman–Crippen LogP) is 2.54. The molecule has 3 rings (SSSR count). The van der Waals surface area contributed by atoms with Crippen molar-refractivity contribution in [3.63, 3.8) is 0 Å². The van der Waals surface area contributed by atoms with Crippen LogP contribution in [0, 0.1) is 17.5 Å². The number of hydrogen-bond acceptors (Lipinski definition) is 2. The van der Waals surface area contributed by atoms with E-state index in [1.165, 1.54) is 23.7 Å². The number of hydrogen-bond donors (Lipinski definition) is 1. The van der Waals surface area contributed by atoms with E-state index < -0.39 is 17.5 Å². The van der Waals surface area contributed by atoms with Crippen molar-refractivity contribution >= 4 is 0 Å². The normalized spacial score (nSPS) is 14.9. The van der Waals surface area contributed by atoms with E-state index in [2.05, 4.69) is 10.4 Å². The number of rotatable bonds is 4. The lowest BCUT2D eigenvalue weighted by atomic mass is 10.3. The Hall–Kier alpha value is -1.82. The van der Waals surface area contributed by atoms with Crippen molar-refractivity contribution in [2.75, 3.05) is 0 Å². The van der Waals surface area contributed by atoms with Crippen LogP contribution in [-0.4, -0.2) is 15.8 Å². The van der Waals surface area contributed by atoms with E-state index in [1.54, 1.807) is 6.07 Å². The number of aromatic nitrogens is 2. The minimum Gasteiger partial charge on any atom is -0.308 e. The minimum absolute atomic E-state index is 0.100. The van der Waals surface area contributed by atoms with Crippen molar-refractivity contribution in [1.82, 2.24) is 15.1 Å². The lowest BCUT2D eigenvalue weighted by Gasteiger charge is -2.04. The molecule has 1 heterocycles. The summed E-state index contributed by atoms with van der Waals surface area (Å²) < 4.78 is 40.7. The molecule has 0 unspecified atom stereocenters. The molecule has 3 nitrogen and oxygen atoms in total. The summed E-state index contributed by atoms with van der Waals surface area (Å²) in [7, 11) is 0. The summed E-state index contributed by atoms with van der Waals surface area (Å²) in [5.41, 5.74) is 0.632. The standard InChI is InChI=1S/C13H12F3N3/c14-10-5-12(16)13(6-11(10)15)19-4-3-9(18-19)7-17-8-1-2-8/h3-6,8,17H,1-2,7H2. The van der Waals surface area contributed by atoms with Gasteiger partial charge in [-0.25, -0.2) is 17.9 Å². The summed E-state index contributed by atoms with van der Waals surface area (Å²) in [4.78, 5) is 0. The van der Waals surface area contributed by atoms with Crippen molar-refractivity contribution in [3.05, 3.63) is 47.5 Å². The van der Waals surface area contributed by atoms with Crippen molar-refractivity contribution in [2.24, 2.45) is 0 Å². The molecule has 19 heavy (non-hydrogen) atoms. The van der Waals surface area contributed by atoms with Gasteiger partial charge in [-0.05, 0) is 18.9 Å². The highest BCUT2D eigenvalue weighted by Crippen LogP contribution is 2.20. The fourth-order valence-electron chi connectivity index (χ4n) is 1.81. The molecule has 0 aliphatic heterocycles. The van der Waals surface area contributed by atoms with Gasteiger partial charge in [0.2, 0.25) is 0 Å². The van der Waals surface area contributed by atoms with Gasteiger partial charge in [0.15, 0.2) is 17.5 Å². The lowest BCUT2D eigenvalue weighted by molar-refractivity contribution is 0.491. The van der Waals surface area contributed by atoms with Crippen molar-refractivity contribution < 1.29 is 13.2 Å². The molecule has 0 radical (unpaired) electrons.